The summed E-state index contributed by atoms with van der Waals surface area (Å²) in [7, 11) is 2.22. The van der Waals surface area contributed by atoms with E-state index in [9.17, 15) is 9.59 Å². The van der Waals surface area contributed by atoms with E-state index in [2.05, 4.69) is 36.4 Å². The van der Waals surface area contributed by atoms with Crippen LogP contribution in [-0.4, -0.2) is 48.4 Å². The monoisotopic (exact) mass is 417 g/mol. The first-order valence-corrected chi connectivity index (χ1v) is 12.3. The number of rotatable bonds is 2. The summed E-state index contributed by atoms with van der Waals surface area (Å²) in [6.07, 6.45) is 8.01. The summed E-state index contributed by atoms with van der Waals surface area (Å²) in [5, 5.41) is 6.19. The summed E-state index contributed by atoms with van der Waals surface area (Å²) in [6.45, 7) is 12.5. The maximum absolute atomic E-state index is 13.2. The minimum atomic E-state index is -0.210. The second-order valence-electron chi connectivity index (χ2n) is 12.3. The molecule has 3 saturated carbocycles. The van der Waals surface area contributed by atoms with Crippen molar-refractivity contribution in [3.05, 3.63) is 0 Å². The zero-order valence-corrected chi connectivity index (χ0v) is 20.0. The third kappa shape index (κ3) is 3.49. The van der Waals surface area contributed by atoms with Crippen LogP contribution >= 0.6 is 0 Å². The third-order valence-corrected chi connectivity index (χ3v) is 9.69. The maximum Gasteiger partial charge on any atom is 0.315 e. The van der Waals surface area contributed by atoms with Crippen LogP contribution in [0.25, 0.3) is 0 Å². The lowest BCUT2D eigenvalue weighted by molar-refractivity contribution is -0.159. The van der Waals surface area contributed by atoms with Gasteiger partial charge in [-0.3, -0.25) is 4.79 Å². The van der Waals surface area contributed by atoms with Crippen molar-refractivity contribution in [3.8, 4) is 0 Å². The molecule has 3 aliphatic carbocycles. The van der Waals surface area contributed by atoms with Crippen LogP contribution in [0, 0.1) is 34.5 Å². The first-order chi connectivity index (χ1) is 14.0. The lowest BCUT2D eigenvalue weighted by atomic mass is 9.46. The number of amides is 2. The lowest BCUT2D eigenvalue weighted by Gasteiger charge is -2.61. The van der Waals surface area contributed by atoms with Gasteiger partial charge in [0.1, 0.15) is 5.78 Å². The molecule has 4 rings (SSSR count). The minimum Gasteiger partial charge on any atom is -0.338 e. The van der Waals surface area contributed by atoms with Gasteiger partial charge in [0.05, 0.1) is 0 Å². The number of fused-ring (bicyclic) bond motifs is 5. The van der Waals surface area contributed by atoms with Gasteiger partial charge in [-0.25, -0.2) is 4.79 Å². The summed E-state index contributed by atoms with van der Waals surface area (Å²) >= 11 is 0. The molecule has 0 aromatic heterocycles. The SMILES string of the molecule is CN1CCC(=O)[C@@]2(C)C1CC[C@@H]1[C@H]2CC[C@]2(C)C(CNC(=O)NC(C)(C)C)CC[C@@H]12. The Kier molecular flexibility index (Phi) is 5.52. The Labute approximate surface area is 183 Å². The van der Waals surface area contributed by atoms with Gasteiger partial charge in [0.2, 0.25) is 0 Å². The van der Waals surface area contributed by atoms with Crippen LogP contribution < -0.4 is 10.6 Å². The summed E-state index contributed by atoms with van der Waals surface area (Å²) < 4.78 is 0. The van der Waals surface area contributed by atoms with Crippen LogP contribution in [0.4, 0.5) is 4.79 Å². The second kappa shape index (κ2) is 7.50. The Morgan fingerprint density at radius 1 is 1.10 bits per heavy atom. The number of carbonyl (C=O) groups excluding carboxylic acids is 2. The summed E-state index contributed by atoms with van der Waals surface area (Å²) in [5.41, 5.74) is -0.0683. The van der Waals surface area contributed by atoms with Crippen LogP contribution in [0.3, 0.4) is 0 Å². The highest BCUT2D eigenvalue weighted by Gasteiger charge is 2.62. The quantitative estimate of drug-likeness (QED) is 0.707. The first kappa shape index (κ1) is 22.1. The average Bonchev–Trinajstić information content (AvgIpc) is 2.98. The summed E-state index contributed by atoms with van der Waals surface area (Å²) in [6, 6.07) is 0.386. The van der Waals surface area contributed by atoms with Gasteiger partial charge in [0.25, 0.3) is 0 Å². The molecule has 170 valence electrons. The highest BCUT2D eigenvalue weighted by Crippen LogP contribution is 2.65. The van der Waals surface area contributed by atoms with Gasteiger partial charge in [-0.15, -0.1) is 0 Å². The number of hydrogen-bond donors (Lipinski definition) is 2. The molecular formula is C25H43N3O2. The van der Waals surface area contributed by atoms with Gasteiger partial charge in [-0.2, -0.15) is 0 Å². The fourth-order valence-corrected chi connectivity index (χ4v) is 8.15. The van der Waals surface area contributed by atoms with Crippen molar-refractivity contribution in [2.24, 2.45) is 34.5 Å². The fourth-order valence-electron chi connectivity index (χ4n) is 8.15. The fraction of sp³-hybridized carbons (Fsp3) is 0.920. The van der Waals surface area contributed by atoms with Crippen molar-refractivity contribution in [1.82, 2.24) is 15.5 Å². The van der Waals surface area contributed by atoms with E-state index in [4.69, 9.17) is 0 Å². The molecule has 4 aliphatic rings. The molecule has 2 amide bonds. The Bertz CT molecular complexity index is 701. The van der Waals surface area contributed by atoms with Crippen LogP contribution in [0.1, 0.15) is 79.6 Å². The van der Waals surface area contributed by atoms with E-state index in [1.165, 1.54) is 38.5 Å². The Morgan fingerprint density at radius 2 is 1.83 bits per heavy atom. The molecule has 0 bridgehead atoms. The van der Waals surface area contributed by atoms with Crippen molar-refractivity contribution in [1.29, 1.82) is 0 Å². The minimum absolute atomic E-state index is 0.0490. The van der Waals surface area contributed by atoms with Gasteiger partial charge in [0.15, 0.2) is 0 Å². The van der Waals surface area contributed by atoms with E-state index in [1.54, 1.807) is 0 Å². The molecule has 0 aromatic carbocycles. The number of likely N-dealkylation sites (tertiary alicyclic amines) is 1. The molecule has 7 atom stereocenters. The second-order valence-corrected chi connectivity index (χ2v) is 12.3. The average molecular weight is 418 g/mol. The van der Waals surface area contributed by atoms with Crippen molar-refractivity contribution in [3.63, 3.8) is 0 Å². The number of nitrogens with zero attached hydrogens (tertiary/aromatic N) is 1. The molecule has 1 aliphatic heterocycles. The molecule has 0 aromatic rings. The molecule has 4 fully saturated rings. The highest BCUT2D eigenvalue weighted by molar-refractivity contribution is 5.87. The molecule has 5 nitrogen and oxygen atoms in total. The van der Waals surface area contributed by atoms with Crippen molar-refractivity contribution < 1.29 is 9.59 Å². The number of nitrogens with one attached hydrogen (secondary N) is 2. The topological polar surface area (TPSA) is 61.4 Å². The van der Waals surface area contributed by atoms with E-state index in [1.807, 2.05) is 20.8 Å². The maximum atomic E-state index is 13.2. The van der Waals surface area contributed by atoms with E-state index in [0.717, 1.165) is 19.5 Å². The molecule has 2 N–H and O–H groups in total. The van der Waals surface area contributed by atoms with Crippen LogP contribution in [0.5, 0.6) is 0 Å². The predicted molar refractivity (Wildman–Crippen MR) is 120 cm³/mol. The normalized spacial score (nSPS) is 44.1. The first-order valence-electron chi connectivity index (χ1n) is 12.3. The number of hydrogen-bond acceptors (Lipinski definition) is 3. The van der Waals surface area contributed by atoms with E-state index in [0.29, 0.717) is 40.9 Å². The van der Waals surface area contributed by atoms with Crippen molar-refractivity contribution in [2.75, 3.05) is 20.1 Å². The smallest absolute Gasteiger partial charge is 0.315 e. The van der Waals surface area contributed by atoms with Gasteiger partial charge < -0.3 is 15.5 Å². The number of piperidine rings is 1. The van der Waals surface area contributed by atoms with Crippen LogP contribution in [0.2, 0.25) is 0 Å². The van der Waals surface area contributed by atoms with Gasteiger partial charge >= 0.3 is 6.03 Å². The van der Waals surface area contributed by atoms with Gasteiger partial charge in [-0.05, 0) is 95.4 Å². The number of ketones is 1. The Hall–Kier alpha value is -1.10. The number of Topliss-reactive ketones (excluding diaryl/α,β-unsaturated/α-hetero) is 1. The third-order valence-electron chi connectivity index (χ3n) is 9.69. The van der Waals surface area contributed by atoms with E-state index < -0.39 is 0 Å². The van der Waals surface area contributed by atoms with Gasteiger partial charge in [0, 0.05) is 36.5 Å². The number of carbonyl (C=O) groups is 2. The summed E-state index contributed by atoms with van der Waals surface area (Å²) in [4.78, 5) is 28.0. The molecule has 0 spiro atoms. The molecule has 30 heavy (non-hydrogen) atoms. The molecule has 5 heteroatoms. The number of urea groups is 1. The van der Waals surface area contributed by atoms with Crippen molar-refractivity contribution >= 4 is 11.8 Å². The standard InChI is InChI=1S/C25H43N3O2/c1-23(2,3)27-22(30)26-15-16-7-9-18-17-8-10-20-25(5,21(29)12-14-28(20)6)19(17)11-13-24(16,18)4/h16-20H,7-15H2,1-6H3,(H2,26,27,30)/t16?,17-,18-,19+,20?,24+,25+/m0/s1. The molecule has 1 saturated heterocycles. The van der Waals surface area contributed by atoms with Crippen molar-refractivity contribution in [2.45, 2.75) is 91.1 Å². The lowest BCUT2D eigenvalue weighted by Crippen LogP contribution is -2.63. The van der Waals surface area contributed by atoms with Gasteiger partial charge in [-0.1, -0.05) is 13.8 Å². The Balaban J connectivity index is 1.47. The summed E-state index contributed by atoms with van der Waals surface area (Å²) in [5.74, 6) is 2.99. The van der Waals surface area contributed by atoms with Crippen LogP contribution in [-0.2, 0) is 4.79 Å². The molecular weight excluding hydrogens is 374 g/mol. The predicted octanol–water partition coefficient (Wildman–Crippen LogP) is 4.22. The molecule has 2 unspecified atom stereocenters. The van der Waals surface area contributed by atoms with E-state index in [-0.39, 0.29) is 17.0 Å². The Morgan fingerprint density at radius 3 is 2.53 bits per heavy atom. The zero-order valence-electron chi connectivity index (χ0n) is 20.0. The zero-order chi connectivity index (χ0) is 21.9. The molecule has 1 heterocycles. The van der Waals surface area contributed by atoms with E-state index >= 15 is 0 Å². The van der Waals surface area contributed by atoms with Crippen LogP contribution in [0.15, 0.2) is 0 Å². The largest absolute Gasteiger partial charge is 0.338 e. The highest BCUT2D eigenvalue weighted by atomic mass is 16.2. The molecule has 0 radical (unpaired) electrons.